The van der Waals surface area contributed by atoms with Gasteiger partial charge in [-0.2, -0.15) is 0 Å². The molecule has 3 nitrogen and oxygen atoms in total. The Balaban J connectivity index is 1.70. The van der Waals surface area contributed by atoms with Crippen LogP contribution in [0.2, 0.25) is 0 Å². The summed E-state index contributed by atoms with van der Waals surface area (Å²) in [5, 5.41) is 3.26. The molecule has 0 aromatic heterocycles. The van der Waals surface area contributed by atoms with Crippen molar-refractivity contribution in [1.82, 2.24) is 5.32 Å². The second-order valence-corrected chi connectivity index (χ2v) is 6.26. The molecule has 0 aliphatic carbocycles. The summed E-state index contributed by atoms with van der Waals surface area (Å²) < 4.78 is 11.6. The van der Waals surface area contributed by atoms with Crippen LogP contribution in [0.3, 0.4) is 0 Å². The van der Waals surface area contributed by atoms with Gasteiger partial charge in [-0.15, -0.1) is 0 Å². The predicted octanol–water partition coefficient (Wildman–Crippen LogP) is 3.04. The smallest absolute Gasteiger partial charge is 0.410 e. The maximum Gasteiger partial charge on any atom is 0.461 e. The molecule has 1 N–H and O–H groups in total. The first-order valence-electron chi connectivity index (χ1n) is 7.66. The van der Waals surface area contributed by atoms with Crippen molar-refractivity contribution < 1.29 is 9.31 Å². The van der Waals surface area contributed by atoms with E-state index in [0.29, 0.717) is 13.2 Å². The SMILES string of the molecule is c1ccc(Sc2ccccc2CB2OCCNCCO2)cc1. The molecule has 0 amide bonds. The van der Waals surface area contributed by atoms with Gasteiger partial charge in [0.25, 0.3) is 0 Å². The van der Waals surface area contributed by atoms with Gasteiger partial charge in [-0.25, -0.2) is 0 Å². The van der Waals surface area contributed by atoms with Gasteiger partial charge in [0.15, 0.2) is 0 Å². The van der Waals surface area contributed by atoms with E-state index in [1.54, 1.807) is 11.8 Å². The molecule has 114 valence electrons. The number of rotatable bonds is 4. The fourth-order valence-electron chi connectivity index (χ4n) is 2.38. The summed E-state index contributed by atoms with van der Waals surface area (Å²) >= 11 is 1.79. The minimum atomic E-state index is -0.153. The Bertz CT molecular complexity index is 574. The van der Waals surface area contributed by atoms with E-state index in [9.17, 15) is 0 Å². The van der Waals surface area contributed by atoms with Gasteiger partial charge >= 0.3 is 7.12 Å². The van der Waals surface area contributed by atoms with Crippen molar-refractivity contribution >= 4 is 18.9 Å². The summed E-state index contributed by atoms with van der Waals surface area (Å²) in [6.45, 7) is 3.16. The normalized spacial score (nSPS) is 16.1. The van der Waals surface area contributed by atoms with Gasteiger partial charge in [0.05, 0.1) is 0 Å². The van der Waals surface area contributed by atoms with Gasteiger partial charge in [0.2, 0.25) is 0 Å². The third-order valence-electron chi connectivity index (χ3n) is 3.50. The lowest BCUT2D eigenvalue weighted by Crippen LogP contribution is -2.37. The molecule has 3 rings (SSSR count). The molecule has 0 spiro atoms. The molecule has 2 aromatic rings. The average Bonchev–Trinajstić information content (AvgIpc) is 2.52. The molecule has 0 atom stereocenters. The number of benzene rings is 2. The first kappa shape index (κ1) is 15.6. The zero-order valence-corrected chi connectivity index (χ0v) is 13.4. The van der Waals surface area contributed by atoms with Gasteiger partial charge in [0.1, 0.15) is 0 Å². The maximum absolute atomic E-state index is 5.80. The maximum atomic E-state index is 5.80. The molecule has 1 aliphatic rings. The highest BCUT2D eigenvalue weighted by Gasteiger charge is 2.21. The van der Waals surface area contributed by atoms with Crippen LogP contribution in [0.15, 0.2) is 64.4 Å². The largest absolute Gasteiger partial charge is 0.461 e. The van der Waals surface area contributed by atoms with E-state index in [-0.39, 0.29) is 7.12 Å². The van der Waals surface area contributed by atoms with E-state index >= 15 is 0 Å². The topological polar surface area (TPSA) is 30.5 Å². The van der Waals surface area contributed by atoms with Crippen molar-refractivity contribution in [3.05, 3.63) is 60.2 Å². The molecule has 0 unspecified atom stereocenters. The summed E-state index contributed by atoms with van der Waals surface area (Å²) in [6, 6.07) is 18.9. The van der Waals surface area contributed by atoms with E-state index in [0.717, 1.165) is 19.4 Å². The molecular weight excluding hydrogens is 293 g/mol. The summed E-state index contributed by atoms with van der Waals surface area (Å²) in [4.78, 5) is 2.51. The Kier molecular flexibility index (Phi) is 5.96. The minimum absolute atomic E-state index is 0.153. The Labute approximate surface area is 136 Å². The number of hydrogen-bond donors (Lipinski definition) is 1. The number of hydrogen-bond acceptors (Lipinski definition) is 4. The first-order chi connectivity index (χ1) is 10.9. The van der Waals surface area contributed by atoms with Crippen LogP contribution in [0.4, 0.5) is 0 Å². The zero-order valence-electron chi connectivity index (χ0n) is 12.5. The van der Waals surface area contributed by atoms with Crippen LogP contribution < -0.4 is 5.32 Å². The second kappa shape index (κ2) is 8.39. The third kappa shape index (κ3) is 4.61. The van der Waals surface area contributed by atoms with E-state index in [1.165, 1.54) is 15.4 Å². The molecule has 2 aromatic carbocycles. The number of nitrogens with one attached hydrogen (secondary N) is 1. The Morgan fingerprint density at radius 3 is 2.36 bits per heavy atom. The van der Waals surface area contributed by atoms with Crippen LogP contribution in [0.25, 0.3) is 0 Å². The molecule has 5 heteroatoms. The quantitative estimate of drug-likeness (QED) is 0.879. The van der Waals surface area contributed by atoms with Crippen molar-refractivity contribution in [2.24, 2.45) is 0 Å². The van der Waals surface area contributed by atoms with Crippen LogP contribution >= 0.6 is 11.8 Å². The lowest BCUT2D eigenvalue weighted by atomic mass is 9.80. The highest BCUT2D eigenvalue weighted by molar-refractivity contribution is 7.99. The van der Waals surface area contributed by atoms with Crippen LogP contribution in [0.1, 0.15) is 5.56 Å². The zero-order chi connectivity index (χ0) is 15.0. The lowest BCUT2D eigenvalue weighted by Gasteiger charge is -2.19. The predicted molar refractivity (Wildman–Crippen MR) is 91.2 cm³/mol. The lowest BCUT2D eigenvalue weighted by molar-refractivity contribution is 0.177. The van der Waals surface area contributed by atoms with E-state index in [2.05, 4.69) is 53.8 Å². The average molecular weight is 313 g/mol. The summed E-state index contributed by atoms with van der Waals surface area (Å²) in [5.74, 6) is 0. The standard InChI is InChI=1S/C17H20BNO2S/c1-2-7-16(8-3-1)22-17-9-5-4-6-15(17)14-18-20-12-10-19-11-13-21-18/h1-9,19H,10-14H2. The first-order valence-corrected chi connectivity index (χ1v) is 8.48. The second-order valence-electron chi connectivity index (χ2n) is 5.15. The van der Waals surface area contributed by atoms with Crippen LogP contribution in [0, 0.1) is 0 Å². The molecular formula is C17H20BNO2S. The fraction of sp³-hybridized carbons (Fsp3) is 0.294. The highest BCUT2D eigenvalue weighted by atomic mass is 32.2. The molecule has 1 fully saturated rings. The Morgan fingerprint density at radius 1 is 0.909 bits per heavy atom. The summed E-state index contributed by atoms with van der Waals surface area (Å²) in [5.41, 5.74) is 1.27. The molecule has 1 aliphatic heterocycles. The van der Waals surface area contributed by atoms with Gasteiger partial charge in [0, 0.05) is 42.4 Å². The molecule has 0 radical (unpaired) electrons. The summed E-state index contributed by atoms with van der Waals surface area (Å²) in [6.07, 6.45) is 0.788. The molecule has 22 heavy (non-hydrogen) atoms. The molecule has 1 heterocycles. The minimum Gasteiger partial charge on any atom is -0.410 e. The Hall–Kier alpha value is -1.27. The van der Waals surface area contributed by atoms with E-state index < -0.39 is 0 Å². The van der Waals surface area contributed by atoms with Crippen molar-refractivity contribution in [2.75, 3.05) is 26.3 Å². The van der Waals surface area contributed by atoms with Crippen LogP contribution in [-0.2, 0) is 15.6 Å². The fourth-order valence-corrected chi connectivity index (χ4v) is 3.36. The van der Waals surface area contributed by atoms with Gasteiger partial charge in [-0.3, -0.25) is 0 Å². The Morgan fingerprint density at radius 2 is 1.59 bits per heavy atom. The van der Waals surface area contributed by atoms with Gasteiger partial charge in [-0.05, 0) is 23.8 Å². The van der Waals surface area contributed by atoms with E-state index in [1.807, 2.05) is 6.07 Å². The molecule has 0 bridgehead atoms. The highest BCUT2D eigenvalue weighted by Crippen LogP contribution is 2.30. The van der Waals surface area contributed by atoms with Gasteiger partial charge < -0.3 is 14.6 Å². The summed E-state index contributed by atoms with van der Waals surface area (Å²) in [7, 11) is -0.153. The van der Waals surface area contributed by atoms with Gasteiger partial charge in [-0.1, -0.05) is 48.2 Å². The third-order valence-corrected chi connectivity index (χ3v) is 4.62. The molecule has 1 saturated heterocycles. The van der Waals surface area contributed by atoms with E-state index in [4.69, 9.17) is 9.31 Å². The van der Waals surface area contributed by atoms with Crippen molar-refractivity contribution in [2.45, 2.75) is 16.1 Å². The van der Waals surface area contributed by atoms with Crippen molar-refractivity contribution in [3.8, 4) is 0 Å². The molecule has 0 saturated carbocycles. The monoisotopic (exact) mass is 313 g/mol. The van der Waals surface area contributed by atoms with Crippen LogP contribution in [-0.4, -0.2) is 33.4 Å². The van der Waals surface area contributed by atoms with Crippen LogP contribution in [0.5, 0.6) is 0 Å². The van der Waals surface area contributed by atoms with Crippen molar-refractivity contribution in [1.29, 1.82) is 0 Å². The van der Waals surface area contributed by atoms with Crippen molar-refractivity contribution in [3.63, 3.8) is 0 Å².